The molecule has 8 heteroatoms. The number of hydrazone groups is 1. The zero-order chi connectivity index (χ0) is 22.7. The van der Waals surface area contributed by atoms with Gasteiger partial charge in [0, 0.05) is 35.3 Å². The van der Waals surface area contributed by atoms with Crippen molar-refractivity contribution in [1.29, 1.82) is 0 Å². The van der Waals surface area contributed by atoms with Crippen LogP contribution in [-0.2, 0) is 5.41 Å². The fraction of sp³-hybridized carbons (Fsp3) is 0.417. The highest BCUT2D eigenvalue weighted by Gasteiger charge is 2.49. The van der Waals surface area contributed by atoms with Gasteiger partial charge in [-0.3, -0.25) is 0 Å². The first-order valence-corrected chi connectivity index (χ1v) is 10.8. The Morgan fingerprint density at radius 3 is 2.72 bits per heavy atom. The molecule has 0 bridgehead atoms. The Hall–Kier alpha value is -3.26. The van der Waals surface area contributed by atoms with Gasteiger partial charge in [-0.15, -0.1) is 0 Å². The highest BCUT2D eigenvalue weighted by molar-refractivity contribution is 5.92. The number of methoxy groups -OCH3 is 2. The second kappa shape index (κ2) is 9.08. The molecule has 1 saturated heterocycles. The summed E-state index contributed by atoms with van der Waals surface area (Å²) >= 11 is 0. The molecule has 8 nitrogen and oxygen atoms in total. The SMILES string of the molecule is COc1ccc(C23CC/C(=N/NC(=O)Nc4cccc(O)c4)CC2N(C)CC3)cc1OC. The van der Waals surface area contributed by atoms with Crippen LogP contribution in [-0.4, -0.2) is 55.6 Å². The molecule has 0 aromatic heterocycles. The molecule has 1 saturated carbocycles. The number of urea groups is 1. The third-order valence-electron chi connectivity index (χ3n) is 6.75. The van der Waals surface area contributed by atoms with Gasteiger partial charge in [-0.05, 0) is 62.7 Å². The van der Waals surface area contributed by atoms with Crippen molar-refractivity contribution < 1.29 is 19.4 Å². The minimum absolute atomic E-state index is 0.0249. The number of anilines is 1. The summed E-state index contributed by atoms with van der Waals surface area (Å²) in [6, 6.07) is 12.5. The van der Waals surface area contributed by atoms with Gasteiger partial charge in [-0.2, -0.15) is 5.10 Å². The van der Waals surface area contributed by atoms with E-state index in [-0.39, 0.29) is 11.2 Å². The van der Waals surface area contributed by atoms with Gasteiger partial charge in [0.25, 0.3) is 0 Å². The molecule has 2 aliphatic rings. The van der Waals surface area contributed by atoms with Crippen LogP contribution < -0.4 is 20.2 Å². The fourth-order valence-electron chi connectivity index (χ4n) is 5.06. The number of carbonyl (C=O) groups is 1. The molecule has 4 rings (SSSR count). The number of amides is 2. The highest BCUT2D eigenvalue weighted by atomic mass is 16.5. The number of nitrogens with zero attached hydrogens (tertiary/aromatic N) is 2. The smallest absolute Gasteiger partial charge is 0.339 e. The van der Waals surface area contributed by atoms with Crippen molar-refractivity contribution in [3.8, 4) is 17.2 Å². The Kier molecular flexibility index (Phi) is 6.23. The maximum absolute atomic E-state index is 12.2. The zero-order valence-electron chi connectivity index (χ0n) is 18.7. The van der Waals surface area contributed by atoms with Crippen molar-refractivity contribution in [2.75, 3.05) is 33.1 Å². The van der Waals surface area contributed by atoms with Crippen LogP contribution >= 0.6 is 0 Å². The Morgan fingerprint density at radius 2 is 1.97 bits per heavy atom. The van der Waals surface area contributed by atoms with E-state index in [1.807, 2.05) is 6.07 Å². The van der Waals surface area contributed by atoms with Gasteiger partial charge in [0.1, 0.15) is 5.75 Å². The van der Waals surface area contributed by atoms with E-state index in [4.69, 9.17) is 9.47 Å². The summed E-state index contributed by atoms with van der Waals surface area (Å²) in [5.74, 6) is 1.57. The number of likely N-dealkylation sites (tertiary alicyclic amines) is 1. The molecule has 2 amide bonds. The highest BCUT2D eigenvalue weighted by Crippen LogP contribution is 2.49. The lowest BCUT2D eigenvalue weighted by molar-refractivity contribution is 0.225. The summed E-state index contributed by atoms with van der Waals surface area (Å²) in [7, 11) is 5.46. The monoisotopic (exact) mass is 438 g/mol. The van der Waals surface area contributed by atoms with Crippen LogP contribution in [0.25, 0.3) is 0 Å². The molecule has 2 atom stereocenters. The lowest BCUT2D eigenvalue weighted by Crippen LogP contribution is -2.46. The Labute approximate surface area is 188 Å². The molecule has 2 fully saturated rings. The number of likely N-dealkylation sites (N-methyl/N-ethyl adjacent to an activating group) is 1. The molecule has 3 N–H and O–H groups in total. The van der Waals surface area contributed by atoms with Gasteiger partial charge in [0.05, 0.1) is 14.2 Å². The third-order valence-corrected chi connectivity index (χ3v) is 6.75. The fourth-order valence-corrected chi connectivity index (χ4v) is 5.06. The Morgan fingerprint density at radius 1 is 1.16 bits per heavy atom. The molecular formula is C24H30N4O4. The number of aromatic hydroxyl groups is 1. The molecule has 0 radical (unpaired) electrons. The van der Waals surface area contributed by atoms with E-state index in [9.17, 15) is 9.90 Å². The first-order chi connectivity index (χ1) is 15.4. The minimum Gasteiger partial charge on any atom is -0.508 e. The Bertz CT molecular complexity index is 1020. The van der Waals surface area contributed by atoms with Gasteiger partial charge in [-0.1, -0.05) is 12.1 Å². The summed E-state index contributed by atoms with van der Waals surface area (Å²) in [6.07, 6.45) is 3.62. The summed E-state index contributed by atoms with van der Waals surface area (Å²) in [5, 5.41) is 16.6. The van der Waals surface area contributed by atoms with E-state index in [1.165, 1.54) is 11.6 Å². The average molecular weight is 439 g/mol. The van der Waals surface area contributed by atoms with E-state index in [0.717, 1.165) is 49.4 Å². The van der Waals surface area contributed by atoms with Crippen LogP contribution in [0.5, 0.6) is 17.2 Å². The normalized spacial score (nSPS) is 24.1. The van der Waals surface area contributed by atoms with Crippen molar-refractivity contribution in [3.63, 3.8) is 0 Å². The second-order valence-electron chi connectivity index (χ2n) is 8.47. The standard InChI is InChI=1S/C24H30N4O4/c1-28-12-11-24(16-7-8-20(31-2)21(13-16)32-3)10-9-18(15-22(24)28)26-27-23(30)25-17-5-4-6-19(29)14-17/h4-8,13-14,22,29H,9-12,15H2,1-3H3,(H2,25,27,30)/b26-18-. The number of carbonyl (C=O) groups excluding carboxylic acids is 1. The largest absolute Gasteiger partial charge is 0.508 e. The number of nitrogens with one attached hydrogen (secondary N) is 2. The van der Waals surface area contributed by atoms with Crippen LogP contribution in [0.4, 0.5) is 10.5 Å². The molecular weight excluding hydrogens is 408 g/mol. The van der Waals surface area contributed by atoms with Crippen molar-refractivity contribution in [1.82, 2.24) is 10.3 Å². The van der Waals surface area contributed by atoms with Crippen LogP contribution in [0.1, 0.15) is 31.2 Å². The van der Waals surface area contributed by atoms with E-state index >= 15 is 0 Å². The number of ether oxygens (including phenoxy) is 2. The first-order valence-electron chi connectivity index (χ1n) is 10.8. The van der Waals surface area contributed by atoms with E-state index in [1.54, 1.807) is 32.4 Å². The molecule has 170 valence electrons. The predicted molar refractivity (Wildman–Crippen MR) is 124 cm³/mol. The lowest BCUT2D eigenvalue weighted by atomic mass is 9.65. The van der Waals surface area contributed by atoms with Gasteiger partial charge in [-0.25, -0.2) is 10.2 Å². The van der Waals surface area contributed by atoms with E-state index in [0.29, 0.717) is 11.7 Å². The summed E-state index contributed by atoms with van der Waals surface area (Å²) in [4.78, 5) is 14.6. The van der Waals surface area contributed by atoms with Crippen LogP contribution in [0.3, 0.4) is 0 Å². The van der Waals surface area contributed by atoms with Crippen molar-refractivity contribution in [2.24, 2.45) is 5.10 Å². The van der Waals surface area contributed by atoms with Crippen LogP contribution in [0.2, 0.25) is 0 Å². The maximum Gasteiger partial charge on any atom is 0.339 e. The number of fused-ring (bicyclic) bond motifs is 1. The number of hydrogen-bond acceptors (Lipinski definition) is 6. The molecule has 1 aliphatic carbocycles. The number of phenolic OH excluding ortho intramolecular Hbond substituents is 1. The topological polar surface area (TPSA) is 95.4 Å². The molecule has 0 spiro atoms. The number of hydrogen-bond donors (Lipinski definition) is 3. The number of phenols is 1. The van der Waals surface area contributed by atoms with Gasteiger partial charge >= 0.3 is 6.03 Å². The van der Waals surface area contributed by atoms with Crippen LogP contribution in [0, 0.1) is 0 Å². The average Bonchev–Trinajstić information content (AvgIpc) is 3.14. The number of benzene rings is 2. The molecule has 1 heterocycles. The maximum atomic E-state index is 12.2. The minimum atomic E-state index is -0.431. The number of rotatable bonds is 5. The zero-order valence-corrected chi connectivity index (χ0v) is 18.7. The predicted octanol–water partition coefficient (Wildman–Crippen LogP) is 3.71. The second-order valence-corrected chi connectivity index (χ2v) is 8.47. The van der Waals surface area contributed by atoms with Gasteiger partial charge < -0.3 is 24.8 Å². The van der Waals surface area contributed by atoms with Crippen molar-refractivity contribution in [3.05, 3.63) is 48.0 Å². The molecule has 2 aromatic rings. The lowest BCUT2D eigenvalue weighted by Gasteiger charge is -2.42. The Balaban J connectivity index is 1.48. The van der Waals surface area contributed by atoms with Gasteiger partial charge in [0.2, 0.25) is 0 Å². The first kappa shape index (κ1) is 22.0. The summed E-state index contributed by atoms with van der Waals surface area (Å²) < 4.78 is 11.0. The summed E-state index contributed by atoms with van der Waals surface area (Å²) in [6.45, 7) is 1.01. The van der Waals surface area contributed by atoms with Crippen molar-refractivity contribution >= 4 is 17.4 Å². The molecule has 2 unspecified atom stereocenters. The quantitative estimate of drug-likeness (QED) is 0.619. The molecule has 32 heavy (non-hydrogen) atoms. The molecule has 1 aliphatic heterocycles. The molecule has 2 aromatic carbocycles. The van der Waals surface area contributed by atoms with E-state index in [2.05, 4.69) is 39.9 Å². The van der Waals surface area contributed by atoms with E-state index < -0.39 is 6.03 Å². The summed E-state index contributed by atoms with van der Waals surface area (Å²) in [5.41, 5.74) is 5.38. The van der Waals surface area contributed by atoms with Gasteiger partial charge in [0.15, 0.2) is 11.5 Å². The van der Waals surface area contributed by atoms with Crippen molar-refractivity contribution in [2.45, 2.75) is 37.1 Å². The van der Waals surface area contributed by atoms with Crippen LogP contribution in [0.15, 0.2) is 47.6 Å². The third kappa shape index (κ3) is 4.23.